The second kappa shape index (κ2) is 4.31. The van der Waals surface area contributed by atoms with Crippen molar-refractivity contribution in [1.82, 2.24) is 0 Å². The lowest BCUT2D eigenvalue weighted by molar-refractivity contribution is 0.192. The maximum atomic E-state index is 10.3. The van der Waals surface area contributed by atoms with Crippen molar-refractivity contribution < 1.29 is 9.52 Å². The first-order valence-corrected chi connectivity index (χ1v) is 6.53. The highest BCUT2D eigenvalue weighted by molar-refractivity contribution is 7.12. The van der Waals surface area contributed by atoms with E-state index in [1.165, 1.54) is 4.88 Å². The van der Waals surface area contributed by atoms with Crippen LogP contribution in [0.4, 0.5) is 0 Å². The van der Waals surface area contributed by atoms with Crippen LogP contribution in [0.5, 0.6) is 0 Å². The fourth-order valence-electron chi connectivity index (χ4n) is 1.70. The van der Waals surface area contributed by atoms with Crippen LogP contribution in [0, 0.1) is 6.92 Å². The summed E-state index contributed by atoms with van der Waals surface area (Å²) in [4.78, 5) is 2.21. The molecule has 2 heterocycles. The van der Waals surface area contributed by atoms with Gasteiger partial charge in [-0.05, 0) is 36.1 Å². The van der Waals surface area contributed by atoms with Gasteiger partial charge in [0.15, 0.2) is 0 Å². The fourth-order valence-corrected chi connectivity index (χ4v) is 2.75. The average Bonchev–Trinajstić information content (AvgIpc) is 2.83. The Kier molecular flexibility index (Phi) is 3.15. The summed E-state index contributed by atoms with van der Waals surface area (Å²) in [6.07, 6.45) is 0.970. The molecule has 0 amide bonds. The molecule has 1 atom stereocenters. The Morgan fingerprint density at radius 2 is 1.94 bits per heavy atom. The van der Waals surface area contributed by atoms with Gasteiger partial charge in [0.1, 0.15) is 11.9 Å². The summed E-state index contributed by atoms with van der Waals surface area (Å²) < 4.78 is 5.33. The van der Waals surface area contributed by atoms with Crippen LogP contribution < -0.4 is 0 Å². The number of aryl methyl sites for hydroxylation is 1. The van der Waals surface area contributed by atoms with E-state index in [0.717, 1.165) is 10.4 Å². The standard InChI is InChI=1S/C14H18O2S/c1-9-7-8-16-13(9)12(15)10-5-6-11(17-10)14(2,3)4/h5-8,12,15H,1-4H3. The zero-order valence-electron chi connectivity index (χ0n) is 10.7. The zero-order chi connectivity index (χ0) is 12.6. The van der Waals surface area contributed by atoms with Gasteiger partial charge >= 0.3 is 0 Å². The van der Waals surface area contributed by atoms with Crippen molar-refractivity contribution >= 4 is 11.3 Å². The lowest BCUT2D eigenvalue weighted by atomic mass is 9.95. The van der Waals surface area contributed by atoms with Crippen LogP contribution in [0.25, 0.3) is 0 Å². The first kappa shape index (κ1) is 12.4. The van der Waals surface area contributed by atoms with Gasteiger partial charge in [-0.15, -0.1) is 11.3 Å². The molecule has 2 aromatic heterocycles. The third-order valence-electron chi connectivity index (χ3n) is 2.79. The topological polar surface area (TPSA) is 33.4 Å². The van der Waals surface area contributed by atoms with Gasteiger partial charge in [0, 0.05) is 9.75 Å². The molecule has 0 radical (unpaired) electrons. The molecule has 0 aliphatic rings. The van der Waals surface area contributed by atoms with Crippen molar-refractivity contribution in [3.8, 4) is 0 Å². The van der Waals surface area contributed by atoms with Gasteiger partial charge in [0.25, 0.3) is 0 Å². The molecular weight excluding hydrogens is 232 g/mol. The van der Waals surface area contributed by atoms with E-state index in [4.69, 9.17) is 4.42 Å². The first-order chi connectivity index (χ1) is 7.89. The second-order valence-electron chi connectivity index (χ2n) is 5.32. The van der Waals surface area contributed by atoms with E-state index in [0.29, 0.717) is 5.76 Å². The van der Waals surface area contributed by atoms with Crippen molar-refractivity contribution in [2.75, 3.05) is 0 Å². The Morgan fingerprint density at radius 3 is 2.41 bits per heavy atom. The van der Waals surface area contributed by atoms with Gasteiger partial charge < -0.3 is 9.52 Å². The average molecular weight is 250 g/mol. The lowest BCUT2D eigenvalue weighted by Crippen LogP contribution is -2.07. The Hall–Kier alpha value is -1.06. The summed E-state index contributed by atoms with van der Waals surface area (Å²) in [5.41, 5.74) is 1.11. The molecule has 0 aromatic carbocycles. The largest absolute Gasteiger partial charge is 0.466 e. The number of rotatable bonds is 2. The van der Waals surface area contributed by atoms with E-state index >= 15 is 0 Å². The van der Waals surface area contributed by atoms with Crippen molar-refractivity contribution in [1.29, 1.82) is 0 Å². The quantitative estimate of drug-likeness (QED) is 0.873. The van der Waals surface area contributed by atoms with Crippen LogP contribution >= 0.6 is 11.3 Å². The molecule has 1 unspecified atom stereocenters. The van der Waals surface area contributed by atoms with Gasteiger partial charge in [-0.2, -0.15) is 0 Å². The van der Waals surface area contributed by atoms with Crippen molar-refractivity contribution in [3.05, 3.63) is 45.5 Å². The highest BCUT2D eigenvalue weighted by Crippen LogP contribution is 2.35. The molecule has 0 aliphatic heterocycles. The summed E-state index contributed by atoms with van der Waals surface area (Å²) in [5.74, 6) is 0.646. The molecule has 1 N–H and O–H groups in total. The lowest BCUT2D eigenvalue weighted by Gasteiger charge is -2.15. The molecule has 0 fully saturated rings. The molecule has 0 aliphatic carbocycles. The van der Waals surface area contributed by atoms with Crippen LogP contribution in [-0.2, 0) is 5.41 Å². The minimum atomic E-state index is -0.647. The minimum absolute atomic E-state index is 0.126. The molecule has 0 saturated carbocycles. The Balaban J connectivity index is 2.30. The van der Waals surface area contributed by atoms with Gasteiger partial charge in [0.2, 0.25) is 0 Å². The maximum absolute atomic E-state index is 10.3. The van der Waals surface area contributed by atoms with Gasteiger partial charge in [0.05, 0.1) is 6.26 Å². The van der Waals surface area contributed by atoms with Crippen molar-refractivity contribution in [2.45, 2.75) is 39.2 Å². The summed E-state index contributed by atoms with van der Waals surface area (Å²) in [6, 6.07) is 5.94. The van der Waals surface area contributed by atoms with Crippen LogP contribution in [-0.4, -0.2) is 5.11 Å². The number of aliphatic hydroxyl groups is 1. The minimum Gasteiger partial charge on any atom is -0.466 e. The van der Waals surface area contributed by atoms with Crippen LogP contribution in [0.2, 0.25) is 0 Å². The molecule has 92 valence electrons. The highest BCUT2D eigenvalue weighted by Gasteiger charge is 2.21. The van der Waals surface area contributed by atoms with E-state index in [9.17, 15) is 5.11 Å². The first-order valence-electron chi connectivity index (χ1n) is 5.72. The van der Waals surface area contributed by atoms with Gasteiger partial charge in [-0.3, -0.25) is 0 Å². The zero-order valence-corrected chi connectivity index (χ0v) is 11.5. The number of hydrogen-bond donors (Lipinski definition) is 1. The van der Waals surface area contributed by atoms with Crippen molar-refractivity contribution in [3.63, 3.8) is 0 Å². The summed E-state index contributed by atoms with van der Waals surface area (Å²) in [5, 5.41) is 10.3. The van der Waals surface area contributed by atoms with E-state index in [1.54, 1.807) is 17.6 Å². The maximum Gasteiger partial charge on any atom is 0.146 e. The molecular formula is C14H18O2S. The number of hydrogen-bond acceptors (Lipinski definition) is 3. The Morgan fingerprint density at radius 1 is 1.24 bits per heavy atom. The summed E-state index contributed by atoms with van der Waals surface area (Å²) in [6.45, 7) is 8.47. The SMILES string of the molecule is Cc1ccoc1C(O)c1ccc(C(C)(C)C)s1. The van der Waals surface area contributed by atoms with Gasteiger partial charge in [-0.1, -0.05) is 20.8 Å². The molecule has 0 spiro atoms. The third kappa shape index (κ3) is 2.45. The van der Waals surface area contributed by atoms with Crippen LogP contribution in [0.1, 0.15) is 48.0 Å². The molecule has 2 nitrogen and oxygen atoms in total. The van der Waals surface area contributed by atoms with Crippen LogP contribution in [0.15, 0.2) is 28.9 Å². The smallest absolute Gasteiger partial charge is 0.146 e. The van der Waals surface area contributed by atoms with Gasteiger partial charge in [-0.25, -0.2) is 0 Å². The highest BCUT2D eigenvalue weighted by atomic mass is 32.1. The third-order valence-corrected chi connectivity index (χ3v) is 4.35. The normalized spacial score (nSPS) is 13.9. The Bertz CT molecular complexity index is 502. The monoisotopic (exact) mass is 250 g/mol. The fraction of sp³-hybridized carbons (Fsp3) is 0.429. The molecule has 0 saturated heterocycles. The number of thiophene rings is 1. The molecule has 2 aromatic rings. The van der Waals surface area contributed by atoms with E-state index in [2.05, 4.69) is 26.8 Å². The molecule has 2 rings (SSSR count). The van der Waals surface area contributed by atoms with E-state index in [-0.39, 0.29) is 5.41 Å². The summed E-state index contributed by atoms with van der Waals surface area (Å²) in [7, 11) is 0. The number of aliphatic hydroxyl groups excluding tert-OH is 1. The predicted molar refractivity (Wildman–Crippen MR) is 70.5 cm³/mol. The second-order valence-corrected chi connectivity index (χ2v) is 6.44. The molecule has 3 heteroatoms. The molecule has 17 heavy (non-hydrogen) atoms. The molecule has 0 bridgehead atoms. The predicted octanol–water partition coefficient (Wildman–Crippen LogP) is 4.03. The van der Waals surface area contributed by atoms with E-state index in [1.807, 2.05) is 19.1 Å². The van der Waals surface area contributed by atoms with Crippen molar-refractivity contribution in [2.24, 2.45) is 0 Å². The number of furan rings is 1. The van der Waals surface area contributed by atoms with Crippen LogP contribution in [0.3, 0.4) is 0 Å². The summed E-state index contributed by atoms with van der Waals surface area (Å²) >= 11 is 1.64. The Labute approximate surface area is 106 Å². The van der Waals surface area contributed by atoms with E-state index < -0.39 is 6.10 Å².